The van der Waals surface area contributed by atoms with Gasteiger partial charge >= 0.3 is 0 Å². The van der Waals surface area contributed by atoms with E-state index in [1.807, 2.05) is 6.07 Å². The van der Waals surface area contributed by atoms with Crippen LogP contribution in [0, 0.1) is 0 Å². The number of carbonyl (C=O) groups excluding carboxylic acids is 3. The molecule has 0 fully saturated rings. The second-order valence-corrected chi connectivity index (χ2v) is 6.19. The Labute approximate surface area is 147 Å². The number of unbranched alkanes of at least 4 members (excludes halogenated alkanes) is 1. The molecular weight excluding hydrogens is 320 g/mol. The lowest BCUT2D eigenvalue weighted by atomic mass is 10.1. The largest absolute Gasteiger partial charge is 0.352 e. The highest BCUT2D eigenvalue weighted by molar-refractivity contribution is 6.10. The molecule has 7 heteroatoms. The van der Waals surface area contributed by atoms with E-state index >= 15 is 0 Å². The van der Waals surface area contributed by atoms with E-state index in [0.29, 0.717) is 17.9 Å². The van der Waals surface area contributed by atoms with E-state index in [0.717, 1.165) is 19.3 Å². The number of hydrogen-bond acceptors (Lipinski definition) is 4. The van der Waals surface area contributed by atoms with Crippen molar-refractivity contribution in [2.75, 3.05) is 23.3 Å². The van der Waals surface area contributed by atoms with Gasteiger partial charge in [-0.3, -0.25) is 14.4 Å². The van der Waals surface area contributed by atoms with Crippen molar-refractivity contribution in [2.24, 2.45) is 5.73 Å². The molecule has 0 aliphatic carbocycles. The number of carbonyl (C=O) groups is 3. The average Bonchev–Trinajstić information content (AvgIpc) is 2.62. The van der Waals surface area contributed by atoms with Gasteiger partial charge in [-0.05, 0) is 18.6 Å². The summed E-state index contributed by atoms with van der Waals surface area (Å²) in [4.78, 5) is 37.7. The van der Waals surface area contributed by atoms with Crippen LogP contribution in [0.1, 0.15) is 39.0 Å². The average molecular weight is 346 g/mol. The van der Waals surface area contributed by atoms with E-state index < -0.39 is 0 Å². The van der Waals surface area contributed by atoms with Crippen LogP contribution in [0.4, 0.5) is 11.4 Å². The van der Waals surface area contributed by atoms with Gasteiger partial charge < -0.3 is 21.3 Å². The van der Waals surface area contributed by atoms with Gasteiger partial charge in [0.15, 0.2) is 0 Å². The standard InChI is InChI=1S/C18H26N4O3/c1-2-3-6-13(11-19)20-16(23)9-10-18(25)22-12-17(24)21-14-7-4-5-8-15(14)22/h4-5,7-8,13H,2-3,6,9-12,19H2,1H3,(H,20,23)(H,21,24). The minimum atomic E-state index is -0.240. The number of hydrogen-bond donors (Lipinski definition) is 3. The van der Waals surface area contributed by atoms with Crippen LogP contribution < -0.4 is 21.3 Å². The quantitative estimate of drug-likeness (QED) is 0.661. The molecule has 1 unspecified atom stereocenters. The first-order valence-electron chi connectivity index (χ1n) is 8.73. The Kier molecular flexibility index (Phi) is 6.94. The lowest BCUT2D eigenvalue weighted by Crippen LogP contribution is -2.43. The molecule has 0 radical (unpaired) electrons. The van der Waals surface area contributed by atoms with Crippen molar-refractivity contribution in [1.29, 1.82) is 0 Å². The van der Waals surface area contributed by atoms with E-state index in [2.05, 4.69) is 17.6 Å². The molecule has 0 saturated carbocycles. The van der Waals surface area contributed by atoms with Gasteiger partial charge in [-0.1, -0.05) is 31.9 Å². The van der Waals surface area contributed by atoms with Crippen molar-refractivity contribution in [3.63, 3.8) is 0 Å². The van der Waals surface area contributed by atoms with E-state index in [4.69, 9.17) is 5.73 Å². The summed E-state index contributed by atoms with van der Waals surface area (Å²) in [6.45, 7) is 2.44. The Balaban J connectivity index is 1.90. The summed E-state index contributed by atoms with van der Waals surface area (Å²) in [5, 5.41) is 5.61. The lowest BCUT2D eigenvalue weighted by Gasteiger charge is -2.29. The molecule has 0 saturated heterocycles. The minimum Gasteiger partial charge on any atom is -0.352 e. The molecule has 1 aliphatic rings. The zero-order valence-electron chi connectivity index (χ0n) is 14.6. The molecule has 25 heavy (non-hydrogen) atoms. The molecule has 2 rings (SSSR count). The second-order valence-electron chi connectivity index (χ2n) is 6.19. The molecule has 136 valence electrons. The fraction of sp³-hybridized carbons (Fsp3) is 0.500. The van der Waals surface area contributed by atoms with Crippen LogP contribution in [0.2, 0.25) is 0 Å². The maximum Gasteiger partial charge on any atom is 0.244 e. The summed E-state index contributed by atoms with van der Waals surface area (Å²) in [5.41, 5.74) is 6.94. The topological polar surface area (TPSA) is 105 Å². The van der Waals surface area contributed by atoms with Crippen molar-refractivity contribution in [3.8, 4) is 0 Å². The molecule has 0 aromatic heterocycles. The third-order valence-corrected chi connectivity index (χ3v) is 4.19. The Morgan fingerprint density at radius 1 is 1.32 bits per heavy atom. The molecule has 3 amide bonds. The fourth-order valence-electron chi connectivity index (χ4n) is 2.81. The number of nitrogens with one attached hydrogen (secondary N) is 2. The molecule has 0 spiro atoms. The van der Waals surface area contributed by atoms with Gasteiger partial charge in [0.2, 0.25) is 17.7 Å². The molecule has 1 aromatic rings. The highest BCUT2D eigenvalue weighted by Crippen LogP contribution is 2.29. The fourth-order valence-corrected chi connectivity index (χ4v) is 2.81. The molecule has 0 bridgehead atoms. The third-order valence-electron chi connectivity index (χ3n) is 4.19. The summed E-state index contributed by atoms with van der Waals surface area (Å²) < 4.78 is 0. The predicted octanol–water partition coefficient (Wildman–Crippen LogP) is 1.39. The van der Waals surface area contributed by atoms with Gasteiger partial charge in [-0.2, -0.15) is 0 Å². The van der Waals surface area contributed by atoms with E-state index in [9.17, 15) is 14.4 Å². The van der Waals surface area contributed by atoms with Gasteiger partial charge in [0.25, 0.3) is 0 Å². The van der Waals surface area contributed by atoms with Crippen molar-refractivity contribution in [2.45, 2.75) is 45.1 Å². The molecule has 4 N–H and O–H groups in total. The van der Waals surface area contributed by atoms with Gasteiger partial charge in [0.1, 0.15) is 6.54 Å². The zero-order valence-corrected chi connectivity index (χ0v) is 14.6. The van der Waals surface area contributed by atoms with Crippen LogP contribution in [0.3, 0.4) is 0 Å². The number of amides is 3. The van der Waals surface area contributed by atoms with Crippen molar-refractivity contribution in [1.82, 2.24) is 5.32 Å². The Morgan fingerprint density at radius 3 is 2.80 bits per heavy atom. The van der Waals surface area contributed by atoms with E-state index in [-0.39, 0.29) is 43.1 Å². The second kappa shape index (κ2) is 9.17. The highest BCUT2D eigenvalue weighted by atomic mass is 16.2. The number of benzene rings is 1. The van der Waals surface area contributed by atoms with Crippen molar-refractivity contribution < 1.29 is 14.4 Å². The van der Waals surface area contributed by atoms with Crippen LogP contribution in [0.5, 0.6) is 0 Å². The number of fused-ring (bicyclic) bond motifs is 1. The first-order chi connectivity index (χ1) is 12.0. The van der Waals surface area contributed by atoms with Crippen LogP contribution in [0.25, 0.3) is 0 Å². The maximum atomic E-state index is 12.5. The van der Waals surface area contributed by atoms with Gasteiger partial charge in [0.05, 0.1) is 11.4 Å². The first kappa shape index (κ1) is 18.9. The van der Waals surface area contributed by atoms with Gasteiger partial charge in [-0.15, -0.1) is 0 Å². The van der Waals surface area contributed by atoms with Crippen molar-refractivity contribution >= 4 is 29.1 Å². The maximum absolute atomic E-state index is 12.5. The third kappa shape index (κ3) is 5.29. The summed E-state index contributed by atoms with van der Waals surface area (Å²) in [7, 11) is 0. The lowest BCUT2D eigenvalue weighted by molar-refractivity contribution is -0.126. The Bertz CT molecular complexity index is 633. The molecule has 1 heterocycles. The molecular formula is C18H26N4O3. The first-order valence-corrected chi connectivity index (χ1v) is 8.73. The molecule has 1 atom stereocenters. The normalized spacial score (nSPS) is 14.5. The zero-order chi connectivity index (χ0) is 18.2. The van der Waals surface area contributed by atoms with Crippen LogP contribution >= 0.6 is 0 Å². The van der Waals surface area contributed by atoms with E-state index in [1.165, 1.54) is 4.90 Å². The van der Waals surface area contributed by atoms with E-state index in [1.54, 1.807) is 18.2 Å². The van der Waals surface area contributed by atoms with Crippen molar-refractivity contribution in [3.05, 3.63) is 24.3 Å². The number of rotatable bonds is 8. The monoisotopic (exact) mass is 346 g/mol. The SMILES string of the molecule is CCCCC(CN)NC(=O)CCC(=O)N1CC(=O)Nc2ccccc21. The molecule has 7 nitrogen and oxygen atoms in total. The highest BCUT2D eigenvalue weighted by Gasteiger charge is 2.26. The smallest absolute Gasteiger partial charge is 0.244 e. The number of nitrogens with two attached hydrogens (primary N) is 1. The summed E-state index contributed by atoms with van der Waals surface area (Å²) in [6, 6.07) is 7.08. The minimum absolute atomic E-state index is 0.0284. The van der Waals surface area contributed by atoms with Crippen LogP contribution in [-0.4, -0.2) is 36.9 Å². The van der Waals surface area contributed by atoms with Gasteiger partial charge in [0, 0.05) is 25.4 Å². The Hall–Kier alpha value is -2.41. The predicted molar refractivity (Wildman–Crippen MR) is 97.2 cm³/mol. The number of anilines is 2. The summed E-state index contributed by atoms with van der Waals surface area (Å²) >= 11 is 0. The van der Waals surface area contributed by atoms with Crippen LogP contribution in [0.15, 0.2) is 24.3 Å². The summed E-state index contributed by atoms with van der Waals surface area (Å²) in [6.07, 6.45) is 3.02. The molecule has 1 aliphatic heterocycles. The Morgan fingerprint density at radius 2 is 2.08 bits per heavy atom. The molecule has 1 aromatic carbocycles. The summed E-state index contributed by atoms with van der Waals surface area (Å²) in [5.74, 6) is -0.663. The number of nitrogens with zero attached hydrogens (tertiary/aromatic N) is 1. The number of para-hydroxylation sites is 2. The van der Waals surface area contributed by atoms with Gasteiger partial charge in [-0.25, -0.2) is 0 Å². The van der Waals surface area contributed by atoms with Crippen LogP contribution in [-0.2, 0) is 14.4 Å².